The van der Waals surface area contributed by atoms with Gasteiger partial charge in [0, 0.05) is 4.88 Å². The number of thiophene rings is 1. The quantitative estimate of drug-likeness (QED) is 0.511. The van der Waals surface area contributed by atoms with Gasteiger partial charge in [-0.1, -0.05) is 66.6 Å². The summed E-state index contributed by atoms with van der Waals surface area (Å²) in [4.78, 5) is 1.92. The summed E-state index contributed by atoms with van der Waals surface area (Å²) < 4.78 is 0.908. The first-order valence-corrected chi connectivity index (χ1v) is 9.21. The van der Waals surface area contributed by atoms with E-state index in [1.165, 1.54) is 49.8 Å². The summed E-state index contributed by atoms with van der Waals surface area (Å²) in [6, 6.07) is 4.19. The fourth-order valence-electron chi connectivity index (χ4n) is 2.97. The molecule has 0 bridgehead atoms. The van der Waals surface area contributed by atoms with E-state index in [-0.39, 0.29) is 0 Å². The van der Waals surface area contributed by atoms with Gasteiger partial charge in [0.15, 0.2) is 0 Å². The molecular formula is C15H22BrClS. The molecule has 0 saturated heterocycles. The molecule has 0 aliphatic heterocycles. The summed E-state index contributed by atoms with van der Waals surface area (Å²) >= 11 is 11.6. The van der Waals surface area contributed by atoms with Crippen LogP contribution in [0, 0.1) is 11.8 Å². The first kappa shape index (κ1) is 14.9. The van der Waals surface area contributed by atoms with Gasteiger partial charge in [-0.25, -0.2) is 0 Å². The van der Waals surface area contributed by atoms with Crippen molar-refractivity contribution >= 4 is 38.9 Å². The molecular weight excluding hydrogens is 328 g/mol. The van der Waals surface area contributed by atoms with E-state index in [0.29, 0.717) is 4.83 Å². The highest BCUT2D eigenvalue weighted by Gasteiger charge is 2.27. The molecule has 0 amide bonds. The minimum atomic E-state index is 0.516. The summed E-state index contributed by atoms with van der Waals surface area (Å²) in [5, 5.41) is 0. The molecule has 0 radical (unpaired) electrons. The molecule has 1 aliphatic carbocycles. The van der Waals surface area contributed by atoms with E-state index in [9.17, 15) is 0 Å². The van der Waals surface area contributed by atoms with Gasteiger partial charge in [-0.15, -0.1) is 11.3 Å². The van der Waals surface area contributed by atoms with Gasteiger partial charge in [-0.3, -0.25) is 0 Å². The van der Waals surface area contributed by atoms with Gasteiger partial charge in [-0.05, 0) is 36.8 Å². The van der Waals surface area contributed by atoms with Crippen LogP contribution in [0.25, 0.3) is 0 Å². The highest BCUT2D eigenvalue weighted by atomic mass is 79.9. The predicted octanol–water partition coefficient (Wildman–Crippen LogP) is 6.83. The normalized spacial score (nSPS) is 26.2. The molecule has 102 valence electrons. The van der Waals surface area contributed by atoms with Crippen molar-refractivity contribution in [3.05, 3.63) is 21.3 Å². The Kier molecular flexibility index (Phi) is 6.03. The van der Waals surface area contributed by atoms with E-state index in [0.717, 1.165) is 16.2 Å². The average molecular weight is 350 g/mol. The standard InChI is InChI=1S/C15H22BrClS/c1-2-3-4-11-5-7-12(8-6-11)15(16)13-9-10-14(17)18-13/h9-12,15H,2-8H2,1H3. The van der Waals surface area contributed by atoms with E-state index < -0.39 is 0 Å². The van der Waals surface area contributed by atoms with Crippen LogP contribution < -0.4 is 0 Å². The Hall–Kier alpha value is 0.470. The monoisotopic (exact) mass is 348 g/mol. The van der Waals surface area contributed by atoms with Gasteiger partial charge in [0.1, 0.15) is 0 Å². The van der Waals surface area contributed by atoms with Gasteiger partial charge in [0.2, 0.25) is 0 Å². The average Bonchev–Trinajstić information content (AvgIpc) is 2.83. The molecule has 0 nitrogen and oxygen atoms in total. The predicted molar refractivity (Wildman–Crippen MR) is 86.0 cm³/mol. The molecule has 1 fully saturated rings. The van der Waals surface area contributed by atoms with E-state index >= 15 is 0 Å². The van der Waals surface area contributed by atoms with Crippen LogP contribution >= 0.6 is 38.9 Å². The number of alkyl halides is 1. The third kappa shape index (κ3) is 3.98. The zero-order valence-electron chi connectivity index (χ0n) is 11.0. The lowest BCUT2D eigenvalue weighted by molar-refractivity contribution is 0.258. The number of hydrogen-bond donors (Lipinski definition) is 0. The van der Waals surface area contributed by atoms with Crippen LogP contribution in [0.3, 0.4) is 0 Å². The molecule has 1 atom stereocenters. The lowest BCUT2D eigenvalue weighted by atomic mass is 9.78. The second-order valence-electron chi connectivity index (χ2n) is 5.47. The highest BCUT2D eigenvalue weighted by molar-refractivity contribution is 9.09. The topological polar surface area (TPSA) is 0 Å². The number of halogens is 2. The molecule has 18 heavy (non-hydrogen) atoms. The molecule has 2 rings (SSSR count). The Bertz CT molecular complexity index is 355. The van der Waals surface area contributed by atoms with Gasteiger partial charge in [0.05, 0.1) is 9.16 Å². The van der Waals surface area contributed by atoms with Crippen molar-refractivity contribution in [3.63, 3.8) is 0 Å². The zero-order chi connectivity index (χ0) is 13.0. The maximum atomic E-state index is 6.02. The molecule has 1 aromatic heterocycles. The molecule has 1 heterocycles. The second-order valence-corrected chi connectivity index (χ2v) is 8.20. The first-order valence-electron chi connectivity index (χ1n) is 7.10. The Labute approximate surface area is 128 Å². The van der Waals surface area contributed by atoms with Crippen LogP contribution in [0.4, 0.5) is 0 Å². The second kappa shape index (κ2) is 7.31. The SMILES string of the molecule is CCCCC1CCC(C(Br)c2ccc(Cl)s2)CC1. The molecule has 1 aromatic rings. The van der Waals surface area contributed by atoms with Crippen LogP contribution in [-0.2, 0) is 0 Å². The largest absolute Gasteiger partial charge is 0.127 e. The lowest BCUT2D eigenvalue weighted by Crippen LogP contribution is -2.17. The lowest BCUT2D eigenvalue weighted by Gasteiger charge is -2.31. The fourth-order valence-corrected chi connectivity index (χ4v) is 5.07. The summed E-state index contributed by atoms with van der Waals surface area (Å²) in [5.41, 5.74) is 0. The van der Waals surface area contributed by atoms with Crippen molar-refractivity contribution in [2.75, 3.05) is 0 Å². The van der Waals surface area contributed by atoms with E-state index in [4.69, 9.17) is 11.6 Å². The molecule has 1 aliphatic rings. The van der Waals surface area contributed by atoms with E-state index in [1.807, 2.05) is 6.07 Å². The minimum absolute atomic E-state index is 0.516. The number of hydrogen-bond acceptors (Lipinski definition) is 1. The molecule has 3 heteroatoms. The zero-order valence-corrected chi connectivity index (χ0v) is 14.2. The van der Waals surface area contributed by atoms with Gasteiger partial charge in [-0.2, -0.15) is 0 Å². The van der Waals surface area contributed by atoms with Crippen molar-refractivity contribution in [2.45, 2.75) is 56.7 Å². The van der Waals surface area contributed by atoms with Crippen LogP contribution in [0.15, 0.2) is 12.1 Å². The van der Waals surface area contributed by atoms with Crippen molar-refractivity contribution in [2.24, 2.45) is 11.8 Å². The molecule has 0 aromatic carbocycles. The molecule has 1 unspecified atom stereocenters. The van der Waals surface area contributed by atoms with Crippen LogP contribution in [0.5, 0.6) is 0 Å². The first-order chi connectivity index (χ1) is 8.70. The third-order valence-corrected chi connectivity index (χ3v) is 7.00. The van der Waals surface area contributed by atoms with E-state index in [2.05, 4.69) is 28.9 Å². The Morgan fingerprint density at radius 3 is 2.61 bits per heavy atom. The van der Waals surface area contributed by atoms with Gasteiger partial charge in [0.25, 0.3) is 0 Å². The summed E-state index contributed by atoms with van der Waals surface area (Å²) in [5.74, 6) is 1.80. The van der Waals surface area contributed by atoms with Crippen LogP contribution in [0.2, 0.25) is 4.34 Å². The van der Waals surface area contributed by atoms with Crippen LogP contribution in [0.1, 0.15) is 61.6 Å². The molecule has 0 N–H and O–H groups in total. The Balaban J connectivity index is 1.82. The molecule has 1 saturated carbocycles. The minimum Gasteiger partial charge on any atom is -0.127 e. The van der Waals surface area contributed by atoms with Crippen LogP contribution in [-0.4, -0.2) is 0 Å². The van der Waals surface area contributed by atoms with Gasteiger partial charge >= 0.3 is 0 Å². The third-order valence-electron chi connectivity index (χ3n) is 4.14. The Morgan fingerprint density at radius 2 is 2.06 bits per heavy atom. The highest BCUT2D eigenvalue weighted by Crippen LogP contribution is 2.45. The fraction of sp³-hybridized carbons (Fsp3) is 0.733. The summed E-state index contributed by atoms with van der Waals surface area (Å²) in [6.07, 6.45) is 9.79. The van der Waals surface area contributed by atoms with E-state index in [1.54, 1.807) is 11.3 Å². The maximum absolute atomic E-state index is 6.02. The smallest absolute Gasteiger partial charge is 0.0931 e. The summed E-state index contributed by atoms with van der Waals surface area (Å²) in [6.45, 7) is 2.29. The van der Waals surface area contributed by atoms with Crippen molar-refractivity contribution < 1.29 is 0 Å². The Morgan fingerprint density at radius 1 is 1.33 bits per heavy atom. The van der Waals surface area contributed by atoms with Crippen molar-refractivity contribution in [3.8, 4) is 0 Å². The molecule has 0 spiro atoms. The number of rotatable bonds is 5. The van der Waals surface area contributed by atoms with Gasteiger partial charge < -0.3 is 0 Å². The summed E-state index contributed by atoms with van der Waals surface area (Å²) in [7, 11) is 0. The number of unbranched alkanes of at least 4 members (excludes halogenated alkanes) is 1. The maximum Gasteiger partial charge on any atom is 0.0931 e. The van der Waals surface area contributed by atoms with Crippen molar-refractivity contribution in [1.82, 2.24) is 0 Å². The van der Waals surface area contributed by atoms with Crippen molar-refractivity contribution in [1.29, 1.82) is 0 Å².